The van der Waals surface area contributed by atoms with Crippen molar-refractivity contribution in [2.45, 2.75) is 56.8 Å². The van der Waals surface area contributed by atoms with Crippen molar-refractivity contribution in [1.29, 1.82) is 0 Å². The molecule has 2 aliphatic rings. The van der Waals surface area contributed by atoms with Gasteiger partial charge < -0.3 is 0 Å². The number of nitrogens with zero attached hydrogens (tertiary/aromatic N) is 3. The summed E-state index contributed by atoms with van der Waals surface area (Å²) in [6.07, 6.45) is 5.99. The molecule has 3 N–H and O–H groups in total. The van der Waals surface area contributed by atoms with Gasteiger partial charge in [-0.05, 0) is 0 Å². The molecule has 8 heteroatoms. The topological polar surface area (TPSA) is 82.2 Å². The molecule has 1 saturated heterocycles. The van der Waals surface area contributed by atoms with Crippen LogP contribution >= 0.6 is 19.8 Å². The van der Waals surface area contributed by atoms with E-state index in [1.807, 2.05) is 24.4 Å². The summed E-state index contributed by atoms with van der Waals surface area (Å²) in [5, 5.41) is 9.99. The summed E-state index contributed by atoms with van der Waals surface area (Å²) in [6.45, 7) is 15.1. The van der Waals surface area contributed by atoms with E-state index in [1.165, 1.54) is 11.3 Å². The molecule has 212 valence electrons. The van der Waals surface area contributed by atoms with E-state index in [2.05, 4.69) is 96.9 Å². The van der Waals surface area contributed by atoms with Crippen molar-refractivity contribution in [2.24, 2.45) is 0 Å². The zero-order chi connectivity index (χ0) is 28.3. The zero-order valence-corrected chi connectivity index (χ0v) is 26.4. The molecular formula is C32H41IN6O. The van der Waals surface area contributed by atoms with Gasteiger partial charge in [0.05, 0.1) is 0 Å². The number of benzene rings is 2. The van der Waals surface area contributed by atoms with Crippen LogP contribution in [0.25, 0.3) is 6.08 Å². The molecule has 0 atom stereocenters. The van der Waals surface area contributed by atoms with E-state index in [1.54, 1.807) is 0 Å². The number of carbonyl (C=O) groups excluding carboxylic acids is 1. The molecule has 0 radical (unpaired) electrons. The summed E-state index contributed by atoms with van der Waals surface area (Å²) in [4.78, 5) is 25.7. The molecule has 2 aromatic carbocycles. The molecule has 0 bridgehead atoms. The van der Waals surface area contributed by atoms with Crippen LogP contribution in [0.3, 0.4) is 0 Å². The molecule has 1 amide bonds. The second-order valence-corrected chi connectivity index (χ2v) is 17.1. The predicted octanol–water partition coefficient (Wildman–Crippen LogP) is 6.79. The first-order valence-corrected chi connectivity index (χ1v) is 17.7. The Balaban J connectivity index is 1.34. The molecular weight excluding hydrogens is 611 g/mol. The Morgan fingerprint density at radius 2 is 1.65 bits per heavy atom. The normalized spacial score (nSPS) is 16.1. The summed E-state index contributed by atoms with van der Waals surface area (Å²) in [5.74, 6) is 0.589. The van der Waals surface area contributed by atoms with E-state index in [-0.39, 0.29) is 11.3 Å². The van der Waals surface area contributed by atoms with E-state index in [4.69, 9.17) is 4.98 Å². The third-order valence-corrected chi connectivity index (χ3v) is 15.0. The second kappa shape index (κ2) is 12.3. The summed E-state index contributed by atoms with van der Waals surface area (Å²) in [6, 6.07) is 16.7. The van der Waals surface area contributed by atoms with E-state index < -0.39 is 19.8 Å². The molecule has 0 unspecified atom stereocenters. The number of aromatic nitrogens is 2. The monoisotopic (exact) mass is 652 g/mol. The van der Waals surface area contributed by atoms with Gasteiger partial charge in [0.15, 0.2) is 0 Å². The van der Waals surface area contributed by atoms with Crippen LogP contribution in [0.2, 0.25) is 0 Å². The Morgan fingerprint density at radius 1 is 1.00 bits per heavy atom. The number of amides is 1. The van der Waals surface area contributed by atoms with Gasteiger partial charge in [0.2, 0.25) is 0 Å². The Hall–Kier alpha value is -2.98. The van der Waals surface area contributed by atoms with Crippen LogP contribution in [0.4, 0.5) is 23.0 Å². The van der Waals surface area contributed by atoms with Crippen molar-refractivity contribution < 1.29 is 4.79 Å². The molecule has 5 rings (SSSR count). The maximum atomic E-state index is 13.6. The van der Waals surface area contributed by atoms with E-state index >= 15 is 0 Å². The van der Waals surface area contributed by atoms with Crippen LogP contribution in [-0.2, 0) is 10.2 Å². The van der Waals surface area contributed by atoms with Crippen molar-refractivity contribution in [1.82, 2.24) is 15.3 Å². The average Bonchev–Trinajstić information content (AvgIpc) is 3.33. The van der Waals surface area contributed by atoms with Crippen LogP contribution < -0.4 is 20.9 Å². The SMILES string of the molecule is CCC(CC)I1C(C(=O)Nc2ccc(C(C)(C)C)cc2)=Cc2cnc(Nc3ccc(N4CCNCC4)cc3)nc21. The number of halogens is 1. The van der Waals surface area contributed by atoms with Gasteiger partial charge in [0, 0.05) is 0 Å². The van der Waals surface area contributed by atoms with Crippen LogP contribution in [0.15, 0.2) is 58.3 Å². The van der Waals surface area contributed by atoms with Crippen molar-refractivity contribution in [3.63, 3.8) is 0 Å². The first-order valence-electron chi connectivity index (χ1n) is 14.3. The molecule has 1 fully saturated rings. The van der Waals surface area contributed by atoms with Crippen molar-refractivity contribution >= 4 is 54.8 Å². The van der Waals surface area contributed by atoms with E-state index in [0.29, 0.717) is 9.87 Å². The number of rotatable bonds is 8. The number of carbonyl (C=O) groups is 1. The fourth-order valence-corrected chi connectivity index (χ4v) is 12.0. The molecule has 0 saturated carbocycles. The second-order valence-electron chi connectivity index (χ2n) is 11.3. The molecule has 0 aliphatic carbocycles. The molecule has 2 aliphatic heterocycles. The first-order chi connectivity index (χ1) is 19.3. The zero-order valence-electron chi connectivity index (χ0n) is 24.2. The minimum atomic E-state index is -2.09. The van der Waals surface area contributed by atoms with Crippen molar-refractivity contribution in [2.75, 3.05) is 41.7 Å². The van der Waals surface area contributed by atoms with Gasteiger partial charge in [-0.2, -0.15) is 0 Å². The third kappa shape index (κ3) is 6.33. The molecule has 3 aromatic rings. The predicted molar refractivity (Wildman–Crippen MR) is 176 cm³/mol. The Morgan fingerprint density at radius 3 is 2.27 bits per heavy atom. The molecule has 0 spiro atoms. The van der Waals surface area contributed by atoms with E-state index in [9.17, 15) is 4.79 Å². The molecule has 3 heterocycles. The van der Waals surface area contributed by atoms with Gasteiger partial charge >= 0.3 is 247 Å². The molecule has 1 aromatic heterocycles. The standard InChI is InChI=1S/C32H41IN6O/c1-6-24(7-2)33-28(30(40)36-25-10-8-23(9-11-25)32(3,4)5)20-22-21-35-31(38-29(22)33)37-26-12-14-27(15-13-26)39-18-16-34-17-19-39/h8-15,20-21,24,34H,6-7,16-19H2,1-5H3,(H,36,40)(H,35,37,38). The van der Waals surface area contributed by atoms with Gasteiger partial charge in [-0.3, -0.25) is 0 Å². The number of fused-ring (bicyclic) bond motifs is 1. The Bertz CT molecular complexity index is 1350. The molecule has 40 heavy (non-hydrogen) atoms. The van der Waals surface area contributed by atoms with Crippen molar-refractivity contribution in [3.05, 3.63) is 73.1 Å². The number of piperazine rings is 1. The first kappa shape index (κ1) is 28.5. The van der Waals surface area contributed by atoms with E-state index in [0.717, 1.165) is 63.2 Å². The Labute approximate surface area is 245 Å². The van der Waals surface area contributed by atoms with Crippen LogP contribution in [0.1, 0.15) is 58.6 Å². The fraction of sp³-hybridized carbons (Fsp3) is 0.406. The third-order valence-electron chi connectivity index (χ3n) is 7.49. The van der Waals surface area contributed by atoms with Gasteiger partial charge in [0.25, 0.3) is 0 Å². The summed E-state index contributed by atoms with van der Waals surface area (Å²) in [5.41, 5.74) is 5.33. The van der Waals surface area contributed by atoms with Gasteiger partial charge in [0.1, 0.15) is 0 Å². The molecule has 7 nitrogen and oxygen atoms in total. The quantitative estimate of drug-likeness (QED) is 0.141. The number of anilines is 4. The number of nitrogens with one attached hydrogen (secondary N) is 3. The van der Waals surface area contributed by atoms with Gasteiger partial charge in [-0.1, -0.05) is 0 Å². The van der Waals surface area contributed by atoms with Gasteiger partial charge in [-0.15, -0.1) is 0 Å². The summed E-state index contributed by atoms with van der Waals surface area (Å²) >= 11 is -2.09. The number of hydrogen-bond acceptors (Lipinski definition) is 6. The summed E-state index contributed by atoms with van der Waals surface area (Å²) < 4.78 is 2.47. The van der Waals surface area contributed by atoms with Gasteiger partial charge in [-0.25, -0.2) is 0 Å². The van der Waals surface area contributed by atoms with Crippen LogP contribution in [0, 0.1) is 3.70 Å². The fourth-order valence-electron chi connectivity index (χ4n) is 5.10. The summed E-state index contributed by atoms with van der Waals surface area (Å²) in [7, 11) is 0. The van der Waals surface area contributed by atoms with Crippen LogP contribution in [-0.4, -0.2) is 46.0 Å². The number of alkyl halides is 1. The Kier molecular flexibility index (Phi) is 8.75. The number of hydrogen-bond donors (Lipinski definition) is 3. The van der Waals surface area contributed by atoms with Crippen molar-refractivity contribution in [3.8, 4) is 0 Å². The van der Waals surface area contributed by atoms with Crippen LogP contribution in [0.5, 0.6) is 0 Å². The average molecular weight is 653 g/mol. The maximum absolute atomic E-state index is 13.6. The minimum absolute atomic E-state index is 0.00313.